The van der Waals surface area contributed by atoms with Crippen LogP contribution in [0.5, 0.6) is 0 Å². The van der Waals surface area contributed by atoms with Crippen LogP contribution in [0.1, 0.15) is 0 Å². The lowest BCUT2D eigenvalue weighted by Crippen LogP contribution is -2.14. The third kappa shape index (κ3) is 23.8. The average Bonchev–Trinajstić information content (AvgIpc) is 2.66. The van der Waals surface area contributed by atoms with E-state index in [0.717, 1.165) is 0 Å². The third-order valence-corrected chi connectivity index (χ3v) is 3.15. The van der Waals surface area contributed by atoms with E-state index < -0.39 is 0 Å². The summed E-state index contributed by atoms with van der Waals surface area (Å²) in [4.78, 5) is 0. The van der Waals surface area contributed by atoms with Gasteiger partial charge in [0.1, 0.15) is 13.2 Å². The summed E-state index contributed by atoms with van der Waals surface area (Å²) in [5.41, 5.74) is 0. The van der Waals surface area contributed by atoms with Gasteiger partial charge in [0.05, 0.1) is 76.7 Å². The van der Waals surface area contributed by atoms with Crippen molar-refractivity contribution in [1.82, 2.24) is 0 Å². The van der Waals surface area contributed by atoms with Gasteiger partial charge in [0.15, 0.2) is 0 Å². The lowest BCUT2D eigenvalue weighted by molar-refractivity contribution is -0.0142. The van der Waals surface area contributed by atoms with E-state index in [2.05, 4.69) is 55.5 Å². The Hall–Kier alpha value is -0.160. The fourth-order valence-corrected chi connectivity index (χ4v) is 1.84. The number of ether oxygens (including phenoxy) is 6. The Kier molecular flexibility index (Phi) is 24.7. The molecule has 0 unspecified atom stereocenters. The highest BCUT2D eigenvalue weighted by molar-refractivity contribution is 9.09. The van der Waals surface area contributed by atoms with Crippen LogP contribution in [-0.4, -0.2) is 89.9 Å². The minimum atomic E-state index is 0.436. The monoisotopic (exact) mass is 498 g/mol. The van der Waals surface area contributed by atoms with Crippen molar-refractivity contribution in [3.8, 4) is 23.7 Å². The van der Waals surface area contributed by atoms with Crippen molar-refractivity contribution in [1.29, 1.82) is 0 Å². The van der Waals surface area contributed by atoms with E-state index in [4.69, 9.17) is 28.4 Å². The van der Waals surface area contributed by atoms with E-state index in [1.165, 1.54) is 0 Å². The zero-order valence-corrected chi connectivity index (χ0v) is 18.3. The second-order valence-corrected chi connectivity index (χ2v) is 5.65. The molecular weight excluding hydrogens is 472 g/mol. The maximum Gasteiger partial charge on any atom is 0.107 e. The highest BCUT2D eigenvalue weighted by atomic mass is 79.9. The summed E-state index contributed by atoms with van der Waals surface area (Å²) in [6.45, 7) is 6.27. The minimum Gasteiger partial charge on any atom is -0.377 e. The molecule has 26 heavy (non-hydrogen) atoms. The molecule has 0 aromatic heterocycles. The molecular formula is C18H28Br2O6. The first-order valence-corrected chi connectivity index (χ1v) is 10.7. The van der Waals surface area contributed by atoms with E-state index in [9.17, 15) is 0 Å². The Morgan fingerprint density at radius 1 is 0.385 bits per heavy atom. The number of rotatable bonds is 17. The summed E-state index contributed by atoms with van der Waals surface area (Å²) < 4.78 is 32.0. The zero-order valence-electron chi connectivity index (χ0n) is 15.1. The molecule has 0 N–H and O–H groups in total. The summed E-state index contributed by atoms with van der Waals surface area (Å²) in [5, 5.41) is 1.34. The molecule has 0 amide bonds. The van der Waals surface area contributed by atoms with Crippen LogP contribution < -0.4 is 0 Å². The third-order valence-electron chi connectivity index (χ3n) is 2.59. The summed E-state index contributed by atoms with van der Waals surface area (Å²) in [5.74, 6) is 11.4. The van der Waals surface area contributed by atoms with Crippen molar-refractivity contribution in [2.75, 3.05) is 89.9 Å². The van der Waals surface area contributed by atoms with Crippen LogP contribution in [0.3, 0.4) is 0 Å². The topological polar surface area (TPSA) is 55.4 Å². The predicted molar refractivity (Wildman–Crippen MR) is 108 cm³/mol. The smallest absolute Gasteiger partial charge is 0.107 e. The zero-order chi connectivity index (χ0) is 19.0. The fraction of sp³-hybridized carbons (Fsp3) is 0.778. The maximum atomic E-state index is 5.39. The molecule has 0 rings (SSSR count). The van der Waals surface area contributed by atoms with Crippen LogP contribution in [0.15, 0.2) is 0 Å². The van der Waals surface area contributed by atoms with Crippen molar-refractivity contribution >= 4 is 31.9 Å². The maximum absolute atomic E-state index is 5.39. The molecule has 0 aliphatic carbocycles. The number of halogens is 2. The van der Waals surface area contributed by atoms with Gasteiger partial charge in [-0.15, -0.1) is 0 Å². The summed E-state index contributed by atoms with van der Waals surface area (Å²) >= 11 is 6.43. The molecule has 0 fully saturated rings. The Balaban J connectivity index is 3.03. The quantitative estimate of drug-likeness (QED) is 0.173. The summed E-state index contributed by atoms with van der Waals surface area (Å²) in [6.07, 6.45) is 0. The lowest BCUT2D eigenvalue weighted by Gasteiger charge is -2.07. The van der Waals surface area contributed by atoms with E-state index >= 15 is 0 Å². The Labute approximate surface area is 173 Å². The van der Waals surface area contributed by atoms with Gasteiger partial charge in [-0.1, -0.05) is 55.5 Å². The Bertz CT molecular complexity index is 362. The Morgan fingerprint density at radius 2 is 0.654 bits per heavy atom. The van der Waals surface area contributed by atoms with Crippen molar-refractivity contribution < 1.29 is 28.4 Å². The van der Waals surface area contributed by atoms with Gasteiger partial charge < -0.3 is 28.4 Å². The van der Waals surface area contributed by atoms with E-state index in [1.54, 1.807) is 0 Å². The Morgan fingerprint density at radius 3 is 0.923 bits per heavy atom. The first-order chi connectivity index (χ1) is 12.9. The van der Waals surface area contributed by atoms with Gasteiger partial charge >= 0.3 is 0 Å². The van der Waals surface area contributed by atoms with Crippen LogP contribution in [0.4, 0.5) is 0 Å². The molecule has 8 heteroatoms. The molecule has 0 aromatic rings. The van der Waals surface area contributed by atoms with E-state index in [1.807, 2.05) is 0 Å². The fourth-order valence-electron chi connectivity index (χ4n) is 1.44. The van der Waals surface area contributed by atoms with Gasteiger partial charge in [-0.2, -0.15) is 0 Å². The van der Waals surface area contributed by atoms with Crippen LogP contribution >= 0.6 is 31.9 Å². The molecule has 0 aliphatic rings. The SMILES string of the molecule is BrCC#CCOCCOCCOCCOCCOCCOCC#CCBr. The van der Waals surface area contributed by atoms with Crippen molar-refractivity contribution in [3.63, 3.8) is 0 Å². The van der Waals surface area contributed by atoms with Crippen molar-refractivity contribution in [2.45, 2.75) is 0 Å². The highest BCUT2D eigenvalue weighted by Gasteiger charge is 1.93. The van der Waals surface area contributed by atoms with Gasteiger partial charge in [-0.3, -0.25) is 0 Å². The molecule has 6 nitrogen and oxygen atoms in total. The highest BCUT2D eigenvalue weighted by Crippen LogP contribution is 1.84. The van der Waals surface area contributed by atoms with E-state index in [-0.39, 0.29) is 0 Å². The van der Waals surface area contributed by atoms with Gasteiger partial charge in [0.25, 0.3) is 0 Å². The molecule has 0 atom stereocenters. The van der Waals surface area contributed by atoms with Gasteiger partial charge in [-0.25, -0.2) is 0 Å². The van der Waals surface area contributed by atoms with Crippen molar-refractivity contribution in [2.24, 2.45) is 0 Å². The molecule has 0 radical (unpaired) electrons. The summed E-state index contributed by atoms with van der Waals surface area (Å²) in [7, 11) is 0. The largest absolute Gasteiger partial charge is 0.377 e. The second kappa shape index (κ2) is 24.8. The summed E-state index contributed by atoms with van der Waals surface area (Å²) in [6, 6.07) is 0. The molecule has 0 aliphatic heterocycles. The standard InChI is InChI=1S/C18H28Br2O6/c19-5-1-3-7-21-9-11-23-13-15-25-17-18-26-16-14-24-12-10-22-8-4-2-6-20/h5-18H2. The predicted octanol–water partition coefficient (Wildman–Crippen LogP) is 1.88. The molecule has 0 spiro atoms. The van der Waals surface area contributed by atoms with Gasteiger partial charge in [0.2, 0.25) is 0 Å². The molecule has 0 saturated heterocycles. The minimum absolute atomic E-state index is 0.436. The lowest BCUT2D eigenvalue weighted by atomic mass is 10.6. The number of hydrogen-bond acceptors (Lipinski definition) is 6. The first-order valence-electron chi connectivity index (χ1n) is 8.41. The normalized spacial score (nSPS) is 10.1. The van der Waals surface area contributed by atoms with Crippen LogP contribution in [0, 0.1) is 23.7 Å². The van der Waals surface area contributed by atoms with Gasteiger partial charge in [-0.05, 0) is 0 Å². The molecule has 150 valence electrons. The number of hydrogen-bond donors (Lipinski definition) is 0. The van der Waals surface area contributed by atoms with Crippen LogP contribution in [0.25, 0.3) is 0 Å². The molecule has 0 aromatic carbocycles. The molecule has 0 saturated carbocycles. The molecule has 0 bridgehead atoms. The van der Waals surface area contributed by atoms with Gasteiger partial charge in [0, 0.05) is 0 Å². The second-order valence-electron chi connectivity index (χ2n) is 4.53. The van der Waals surface area contributed by atoms with Crippen LogP contribution in [-0.2, 0) is 28.4 Å². The number of alkyl halides is 2. The van der Waals surface area contributed by atoms with E-state index in [0.29, 0.717) is 89.9 Å². The first kappa shape index (κ1) is 25.8. The van der Waals surface area contributed by atoms with Crippen molar-refractivity contribution in [3.05, 3.63) is 0 Å². The molecule has 0 heterocycles. The average molecular weight is 500 g/mol. The van der Waals surface area contributed by atoms with Crippen LogP contribution in [0.2, 0.25) is 0 Å².